The summed E-state index contributed by atoms with van der Waals surface area (Å²) in [6, 6.07) is 4.94. The van der Waals surface area contributed by atoms with E-state index in [9.17, 15) is 4.39 Å². The number of nitrogens with zero attached hydrogens (tertiary/aromatic N) is 1. The SMILES string of the molecule is Cc1[nH]ncc1CNCc1cc(Br)ccc1F. The molecule has 5 heteroatoms. The first-order valence-corrected chi connectivity index (χ1v) is 6.09. The summed E-state index contributed by atoms with van der Waals surface area (Å²) in [4.78, 5) is 0. The van der Waals surface area contributed by atoms with Crippen LogP contribution in [0.2, 0.25) is 0 Å². The van der Waals surface area contributed by atoms with E-state index in [0.717, 1.165) is 15.7 Å². The second kappa shape index (κ2) is 5.42. The minimum Gasteiger partial charge on any atom is -0.308 e. The van der Waals surface area contributed by atoms with Crippen LogP contribution in [0.1, 0.15) is 16.8 Å². The summed E-state index contributed by atoms with van der Waals surface area (Å²) in [5, 5.41) is 9.99. The van der Waals surface area contributed by atoms with Crippen molar-refractivity contribution in [1.29, 1.82) is 0 Å². The molecular formula is C12H13BrFN3. The molecule has 0 radical (unpaired) electrons. The van der Waals surface area contributed by atoms with E-state index in [4.69, 9.17) is 0 Å². The molecule has 1 aromatic carbocycles. The number of nitrogens with one attached hydrogen (secondary N) is 2. The Hall–Kier alpha value is -1.20. The molecule has 0 unspecified atom stereocenters. The van der Waals surface area contributed by atoms with Gasteiger partial charge in [0.05, 0.1) is 6.20 Å². The minimum atomic E-state index is -0.190. The molecule has 1 aromatic heterocycles. The Morgan fingerprint density at radius 2 is 2.12 bits per heavy atom. The molecule has 2 aromatic rings. The molecule has 0 saturated heterocycles. The van der Waals surface area contributed by atoms with Crippen molar-refractivity contribution < 1.29 is 4.39 Å². The Labute approximate surface area is 108 Å². The average Bonchev–Trinajstić information content (AvgIpc) is 2.70. The largest absolute Gasteiger partial charge is 0.308 e. The van der Waals surface area contributed by atoms with Gasteiger partial charge in [0.1, 0.15) is 5.82 Å². The van der Waals surface area contributed by atoms with Gasteiger partial charge in [-0.2, -0.15) is 5.10 Å². The number of H-pyrrole nitrogens is 1. The van der Waals surface area contributed by atoms with Crippen LogP contribution < -0.4 is 5.32 Å². The smallest absolute Gasteiger partial charge is 0.127 e. The molecule has 2 N–H and O–H groups in total. The molecule has 0 bridgehead atoms. The van der Waals surface area contributed by atoms with Gasteiger partial charge in [-0.05, 0) is 25.1 Å². The van der Waals surface area contributed by atoms with E-state index in [-0.39, 0.29) is 5.82 Å². The maximum Gasteiger partial charge on any atom is 0.127 e. The summed E-state index contributed by atoms with van der Waals surface area (Å²) in [5.74, 6) is -0.190. The molecule has 1 heterocycles. The molecule has 2 rings (SSSR count). The van der Waals surface area contributed by atoms with Gasteiger partial charge in [-0.1, -0.05) is 15.9 Å². The van der Waals surface area contributed by atoms with Crippen molar-refractivity contribution >= 4 is 15.9 Å². The van der Waals surface area contributed by atoms with E-state index in [1.807, 2.05) is 6.92 Å². The number of aromatic amines is 1. The van der Waals surface area contributed by atoms with Gasteiger partial charge in [0, 0.05) is 34.4 Å². The van der Waals surface area contributed by atoms with E-state index in [2.05, 4.69) is 31.4 Å². The third-order valence-corrected chi connectivity index (χ3v) is 3.07. The van der Waals surface area contributed by atoms with Gasteiger partial charge in [0.2, 0.25) is 0 Å². The molecule has 0 atom stereocenters. The fourth-order valence-electron chi connectivity index (χ4n) is 1.56. The van der Waals surface area contributed by atoms with E-state index in [1.54, 1.807) is 18.3 Å². The highest BCUT2D eigenvalue weighted by molar-refractivity contribution is 9.10. The van der Waals surface area contributed by atoms with Crippen LogP contribution in [0, 0.1) is 12.7 Å². The van der Waals surface area contributed by atoms with Gasteiger partial charge in [-0.15, -0.1) is 0 Å². The Kier molecular flexibility index (Phi) is 3.91. The number of aromatic nitrogens is 2. The molecule has 17 heavy (non-hydrogen) atoms. The third kappa shape index (κ3) is 3.14. The number of hydrogen-bond donors (Lipinski definition) is 2. The highest BCUT2D eigenvalue weighted by atomic mass is 79.9. The first-order chi connectivity index (χ1) is 8.16. The van der Waals surface area contributed by atoms with Crippen molar-refractivity contribution in [3.05, 3.63) is 51.5 Å². The Morgan fingerprint density at radius 1 is 1.35 bits per heavy atom. The second-order valence-electron chi connectivity index (χ2n) is 3.86. The van der Waals surface area contributed by atoms with Crippen molar-refractivity contribution in [2.75, 3.05) is 0 Å². The summed E-state index contributed by atoms with van der Waals surface area (Å²) in [5.41, 5.74) is 2.79. The first-order valence-electron chi connectivity index (χ1n) is 5.30. The monoisotopic (exact) mass is 297 g/mol. The fourth-order valence-corrected chi connectivity index (χ4v) is 1.97. The van der Waals surface area contributed by atoms with Crippen molar-refractivity contribution in [2.24, 2.45) is 0 Å². The zero-order valence-corrected chi connectivity index (χ0v) is 11.0. The highest BCUT2D eigenvalue weighted by Gasteiger charge is 2.04. The van der Waals surface area contributed by atoms with E-state index in [0.29, 0.717) is 18.7 Å². The van der Waals surface area contributed by atoms with Crippen LogP contribution in [0.4, 0.5) is 4.39 Å². The standard InChI is InChI=1S/C12H13BrFN3/c1-8-10(7-16-17-8)6-15-5-9-4-11(13)2-3-12(9)14/h2-4,7,15H,5-6H2,1H3,(H,16,17). The van der Waals surface area contributed by atoms with Crippen LogP contribution in [0.3, 0.4) is 0 Å². The van der Waals surface area contributed by atoms with Gasteiger partial charge in [0.15, 0.2) is 0 Å². The normalized spacial score (nSPS) is 10.8. The molecule has 0 saturated carbocycles. The van der Waals surface area contributed by atoms with Crippen molar-refractivity contribution in [3.8, 4) is 0 Å². The van der Waals surface area contributed by atoms with Gasteiger partial charge in [0.25, 0.3) is 0 Å². The summed E-state index contributed by atoms with van der Waals surface area (Å²) < 4.78 is 14.3. The van der Waals surface area contributed by atoms with Crippen LogP contribution in [0.5, 0.6) is 0 Å². The average molecular weight is 298 g/mol. The lowest BCUT2D eigenvalue weighted by Crippen LogP contribution is -2.14. The van der Waals surface area contributed by atoms with Gasteiger partial charge < -0.3 is 5.32 Å². The van der Waals surface area contributed by atoms with Gasteiger partial charge in [-0.25, -0.2) is 4.39 Å². The molecule has 0 amide bonds. The number of benzene rings is 1. The summed E-state index contributed by atoms with van der Waals surface area (Å²) in [6.45, 7) is 3.13. The third-order valence-electron chi connectivity index (χ3n) is 2.57. The Balaban J connectivity index is 1.94. The molecule has 3 nitrogen and oxygen atoms in total. The number of aryl methyl sites for hydroxylation is 1. The molecule has 0 spiro atoms. The predicted molar refractivity (Wildman–Crippen MR) is 68.0 cm³/mol. The lowest BCUT2D eigenvalue weighted by Gasteiger charge is -2.06. The zero-order chi connectivity index (χ0) is 12.3. The molecular weight excluding hydrogens is 285 g/mol. The molecule has 0 aliphatic rings. The van der Waals surface area contributed by atoms with E-state index < -0.39 is 0 Å². The molecule has 0 fully saturated rings. The highest BCUT2D eigenvalue weighted by Crippen LogP contribution is 2.15. The van der Waals surface area contributed by atoms with Crippen LogP contribution in [0.15, 0.2) is 28.9 Å². The lowest BCUT2D eigenvalue weighted by molar-refractivity contribution is 0.587. The van der Waals surface area contributed by atoms with Crippen molar-refractivity contribution in [3.63, 3.8) is 0 Å². The molecule has 0 aliphatic carbocycles. The van der Waals surface area contributed by atoms with Crippen LogP contribution in [0.25, 0.3) is 0 Å². The van der Waals surface area contributed by atoms with Gasteiger partial charge in [-0.3, -0.25) is 5.10 Å². The minimum absolute atomic E-state index is 0.190. The maximum absolute atomic E-state index is 13.4. The fraction of sp³-hybridized carbons (Fsp3) is 0.250. The topological polar surface area (TPSA) is 40.7 Å². The summed E-state index contributed by atoms with van der Waals surface area (Å²) in [6.07, 6.45) is 1.78. The molecule has 0 aliphatic heterocycles. The maximum atomic E-state index is 13.4. The number of rotatable bonds is 4. The summed E-state index contributed by atoms with van der Waals surface area (Å²) >= 11 is 3.33. The Morgan fingerprint density at radius 3 is 2.82 bits per heavy atom. The first kappa shape index (κ1) is 12.3. The van der Waals surface area contributed by atoms with Crippen molar-refractivity contribution in [1.82, 2.24) is 15.5 Å². The second-order valence-corrected chi connectivity index (χ2v) is 4.78. The van der Waals surface area contributed by atoms with Crippen molar-refractivity contribution in [2.45, 2.75) is 20.0 Å². The van der Waals surface area contributed by atoms with E-state index in [1.165, 1.54) is 6.07 Å². The lowest BCUT2D eigenvalue weighted by atomic mass is 10.2. The van der Waals surface area contributed by atoms with Gasteiger partial charge >= 0.3 is 0 Å². The van der Waals surface area contributed by atoms with Crippen LogP contribution >= 0.6 is 15.9 Å². The van der Waals surface area contributed by atoms with Crippen LogP contribution in [-0.2, 0) is 13.1 Å². The predicted octanol–water partition coefficient (Wildman–Crippen LogP) is 2.91. The van der Waals surface area contributed by atoms with Crippen LogP contribution in [-0.4, -0.2) is 10.2 Å². The number of halogens is 2. The Bertz CT molecular complexity index is 510. The number of hydrogen-bond acceptors (Lipinski definition) is 2. The summed E-state index contributed by atoms with van der Waals surface area (Å²) in [7, 11) is 0. The zero-order valence-electron chi connectivity index (χ0n) is 9.43. The molecule has 90 valence electrons. The van der Waals surface area contributed by atoms with E-state index >= 15 is 0 Å². The quantitative estimate of drug-likeness (QED) is 0.911.